The highest BCUT2D eigenvalue weighted by atomic mass is 16.5. The summed E-state index contributed by atoms with van der Waals surface area (Å²) in [6, 6.07) is 18.3. The molecular formula is C19H23NO2. The molecule has 0 bridgehead atoms. The van der Waals surface area contributed by atoms with Crippen molar-refractivity contribution in [3.8, 4) is 17.2 Å². The van der Waals surface area contributed by atoms with Gasteiger partial charge in [-0.2, -0.15) is 0 Å². The Bertz CT molecular complexity index is 585. The Labute approximate surface area is 132 Å². The number of ether oxygens (including phenoxy) is 2. The van der Waals surface area contributed by atoms with Gasteiger partial charge in [0.05, 0.1) is 6.61 Å². The molecule has 1 saturated heterocycles. The Hall–Kier alpha value is -2.00. The second-order valence-corrected chi connectivity index (χ2v) is 5.78. The van der Waals surface area contributed by atoms with Gasteiger partial charge in [0.1, 0.15) is 5.75 Å². The van der Waals surface area contributed by atoms with Crippen molar-refractivity contribution in [2.75, 3.05) is 20.2 Å². The smallest absolute Gasteiger partial charge is 0.169 e. The lowest BCUT2D eigenvalue weighted by Gasteiger charge is -2.19. The van der Waals surface area contributed by atoms with Crippen LogP contribution in [0, 0.1) is 0 Å². The first-order valence-electron chi connectivity index (χ1n) is 7.98. The lowest BCUT2D eigenvalue weighted by atomic mass is 10.1. The van der Waals surface area contributed by atoms with Gasteiger partial charge in [0.15, 0.2) is 11.5 Å². The number of para-hydroxylation sites is 3. The summed E-state index contributed by atoms with van der Waals surface area (Å²) in [5, 5.41) is 0. The predicted molar refractivity (Wildman–Crippen MR) is 88.7 cm³/mol. The maximum atomic E-state index is 5.97. The highest BCUT2D eigenvalue weighted by Crippen LogP contribution is 2.31. The molecule has 0 spiro atoms. The second-order valence-electron chi connectivity index (χ2n) is 5.78. The van der Waals surface area contributed by atoms with Crippen LogP contribution in [0.15, 0.2) is 54.6 Å². The van der Waals surface area contributed by atoms with E-state index >= 15 is 0 Å². The van der Waals surface area contributed by atoms with E-state index in [0.29, 0.717) is 6.04 Å². The number of likely N-dealkylation sites (tertiary alicyclic amines) is 1. The van der Waals surface area contributed by atoms with Crippen molar-refractivity contribution in [2.24, 2.45) is 0 Å². The second kappa shape index (κ2) is 7.32. The third kappa shape index (κ3) is 3.80. The lowest BCUT2D eigenvalue weighted by Crippen LogP contribution is -2.26. The van der Waals surface area contributed by atoms with Crippen LogP contribution in [-0.4, -0.2) is 31.1 Å². The summed E-state index contributed by atoms with van der Waals surface area (Å²) in [5.74, 6) is 2.41. The minimum atomic E-state index is 0.655. The van der Waals surface area contributed by atoms with Gasteiger partial charge in [0, 0.05) is 6.04 Å². The third-order valence-electron chi connectivity index (χ3n) is 4.20. The molecule has 1 aliphatic heterocycles. The van der Waals surface area contributed by atoms with E-state index in [1.165, 1.54) is 19.4 Å². The van der Waals surface area contributed by atoms with Gasteiger partial charge < -0.3 is 14.4 Å². The molecule has 0 saturated carbocycles. The molecular weight excluding hydrogens is 274 g/mol. The highest BCUT2D eigenvalue weighted by molar-refractivity contribution is 5.42. The molecule has 2 aromatic carbocycles. The first-order valence-corrected chi connectivity index (χ1v) is 7.98. The molecule has 1 heterocycles. The van der Waals surface area contributed by atoms with Gasteiger partial charge in [0.2, 0.25) is 0 Å². The third-order valence-corrected chi connectivity index (χ3v) is 4.20. The van der Waals surface area contributed by atoms with Crippen molar-refractivity contribution >= 4 is 0 Å². The van der Waals surface area contributed by atoms with Crippen LogP contribution in [0.25, 0.3) is 0 Å². The molecule has 2 aromatic rings. The first-order chi connectivity index (χ1) is 10.8. The number of hydrogen-bond donors (Lipinski definition) is 0. The maximum absolute atomic E-state index is 5.97. The summed E-state index contributed by atoms with van der Waals surface area (Å²) in [7, 11) is 2.20. The Balaban J connectivity index is 1.59. The fourth-order valence-corrected chi connectivity index (χ4v) is 2.92. The Morgan fingerprint density at radius 2 is 1.73 bits per heavy atom. The van der Waals surface area contributed by atoms with Crippen LogP contribution in [0.4, 0.5) is 0 Å². The summed E-state index contributed by atoms with van der Waals surface area (Å²) < 4.78 is 11.9. The van der Waals surface area contributed by atoms with E-state index in [1.807, 2.05) is 54.6 Å². The van der Waals surface area contributed by atoms with E-state index in [1.54, 1.807) is 0 Å². The van der Waals surface area contributed by atoms with Crippen LogP contribution in [0.3, 0.4) is 0 Å². The molecule has 3 rings (SSSR count). The van der Waals surface area contributed by atoms with Gasteiger partial charge in [-0.25, -0.2) is 0 Å². The molecule has 0 radical (unpaired) electrons. The molecule has 22 heavy (non-hydrogen) atoms. The van der Waals surface area contributed by atoms with Crippen molar-refractivity contribution in [3.63, 3.8) is 0 Å². The molecule has 3 heteroatoms. The molecule has 116 valence electrons. The van der Waals surface area contributed by atoms with Gasteiger partial charge in [-0.05, 0) is 57.1 Å². The first kappa shape index (κ1) is 14.9. The zero-order valence-corrected chi connectivity index (χ0v) is 13.1. The van der Waals surface area contributed by atoms with E-state index in [0.717, 1.165) is 30.3 Å². The normalized spacial score (nSPS) is 18.3. The summed E-state index contributed by atoms with van der Waals surface area (Å²) >= 11 is 0. The van der Waals surface area contributed by atoms with Gasteiger partial charge in [-0.15, -0.1) is 0 Å². The fourth-order valence-electron chi connectivity index (χ4n) is 2.92. The number of hydrogen-bond acceptors (Lipinski definition) is 3. The lowest BCUT2D eigenvalue weighted by molar-refractivity contribution is 0.229. The summed E-state index contributed by atoms with van der Waals surface area (Å²) in [6.07, 6.45) is 3.65. The molecule has 0 N–H and O–H groups in total. The average Bonchev–Trinajstić information content (AvgIpc) is 2.95. The number of rotatable bonds is 6. The molecule has 1 aliphatic rings. The SMILES string of the molecule is CN1CCC[C@H]1CCOc1ccccc1Oc1ccccc1. The van der Waals surface area contributed by atoms with E-state index in [9.17, 15) is 0 Å². The van der Waals surface area contributed by atoms with Crippen LogP contribution >= 0.6 is 0 Å². The van der Waals surface area contributed by atoms with Crippen LogP contribution in [-0.2, 0) is 0 Å². The topological polar surface area (TPSA) is 21.7 Å². The Morgan fingerprint density at radius 3 is 2.45 bits per heavy atom. The van der Waals surface area contributed by atoms with Gasteiger partial charge in [0.25, 0.3) is 0 Å². The standard InChI is InChI=1S/C19H23NO2/c1-20-14-7-8-16(20)13-15-21-18-11-5-6-12-19(18)22-17-9-3-2-4-10-17/h2-6,9-12,16H,7-8,13-15H2,1H3/t16-/m0/s1. The van der Waals surface area contributed by atoms with Crippen LogP contribution in [0.1, 0.15) is 19.3 Å². The minimum Gasteiger partial charge on any atom is -0.490 e. The zero-order chi connectivity index (χ0) is 15.2. The van der Waals surface area contributed by atoms with Crippen molar-refractivity contribution in [1.82, 2.24) is 4.90 Å². The van der Waals surface area contributed by atoms with Gasteiger partial charge >= 0.3 is 0 Å². The molecule has 1 fully saturated rings. The molecule has 0 aliphatic carbocycles. The van der Waals surface area contributed by atoms with Gasteiger partial charge in [-0.1, -0.05) is 30.3 Å². The molecule has 0 aromatic heterocycles. The largest absolute Gasteiger partial charge is 0.490 e. The quantitative estimate of drug-likeness (QED) is 0.791. The van der Waals surface area contributed by atoms with Crippen molar-refractivity contribution < 1.29 is 9.47 Å². The molecule has 0 amide bonds. The Morgan fingerprint density at radius 1 is 1.00 bits per heavy atom. The Kier molecular flexibility index (Phi) is 4.96. The predicted octanol–water partition coefficient (Wildman–Crippen LogP) is 4.34. The molecule has 3 nitrogen and oxygen atoms in total. The minimum absolute atomic E-state index is 0.655. The maximum Gasteiger partial charge on any atom is 0.169 e. The monoisotopic (exact) mass is 297 g/mol. The molecule has 0 unspecified atom stereocenters. The van der Waals surface area contributed by atoms with Crippen LogP contribution in [0.2, 0.25) is 0 Å². The van der Waals surface area contributed by atoms with E-state index in [4.69, 9.17) is 9.47 Å². The molecule has 1 atom stereocenters. The van der Waals surface area contributed by atoms with Crippen molar-refractivity contribution in [2.45, 2.75) is 25.3 Å². The van der Waals surface area contributed by atoms with E-state index < -0.39 is 0 Å². The highest BCUT2D eigenvalue weighted by Gasteiger charge is 2.20. The summed E-state index contributed by atoms with van der Waals surface area (Å²) in [5.41, 5.74) is 0. The van der Waals surface area contributed by atoms with E-state index in [-0.39, 0.29) is 0 Å². The van der Waals surface area contributed by atoms with Crippen molar-refractivity contribution in [1.29, 1.82) is 0 Å². The van der Waals surface area contributed by atoms with Crippen LogP contribution in [0.5, 0.6) is 17.2 Å². The average molecular weight is 297 g/mol. The summed E-state index contributed by atoms with van der Waals surface area (Å²) in [4.78, 5) is 2.43. The van der Waals surface area contributed by atoms with Crippen LogP contribution < -0.4 is 9.47 Å². The zero-order valence-electron chi connectivity index (χ0n) is 13.1. The summed E-state index contributed by atoms with van der Waals surface area (Å²) in [6.45, 7) is 1.93. The van der Waals surface area contributed by atoms with Gasteiger partial charge in [-0.3, -0.25) is 0 Å². The fraction of sp³-hybridized carbons (Fsp3) is 0.368. The van der Waals surface area contributed by atoms with E-state index in [2.05, 4.69) is 11.9 Å². The number of nitrogens with zero attached hydrogens (tertiary/aromatic N) is 1. The number of benzene rings is 2. The van der Waals surface area contributed by atoms with Crippen molar-refractivity contribution in [3.05, 3.63) is 54.6 Å².